The molecule has 0 aliphatic heterocycles. The van der Waals surface area contributed by atoms with Gasteiger partial charge in [-0.1, -0.05) is 34.6 Å². The van der Waals surface area contributed by atoms with E-state index in [1.807, 2.05) is 19.2 Å². The summed E-state index contributed by atoms with van der Waals surface area (Å²) < 4.78 is 28.5. The van der Waals surface area contributed by atoms with Crippen LogP contribution < -0.4 is 10.0 Å². The minimum Gasteiger partial charge on any atom is -0.312 e. The molecule has 120 valence electrons. The van der Waals surface area contributed by atoms with Crippen LogP contribution in [0.25, 0.3) is 0 Å². The van der Waals surface area contributed by atoms with E-state index in [0.29, 0.717) is 11.4 Å². The number of hydrogen-bond acceptors (Lipinski definition) is 4. The van der Waals surface area contributed by atoms with Gasteiger partial charge in [0.1, 0.15) is 4.90 Å². The molecule has 2 rings (SSSR count). The van der Waals surface area contributed by atoms with Gasteiger partial charge in [-0.25, -0.2) is 13.1 Å². The Labute approximate surface area is 132 Å². The van der Waals surface area contributed by atoms with Gasteiger partial charge >= 0.3 is 0 Å². The van der Waals surface area contributed by atoms with Crippen LogP contribution in [0.15, 0.2) is 10.3 Å². The zero-order valence-corrected chi connectivity index (χ0v) is 15.3. The summed E-state index contributed by atoms with van der Waals surface area (Å²) in [6.07, 6.45) is 0. The van der Waals surface area contributed by atoms with Crippen LogP contribution in [0.4, 0.5) is 0 Å². The lowest BCUT2D eigenvalue weighted by Crippen LogP contribution is -2.31. The van der Waals surface area contributed by atoms with Crippen molar-refractivity contribution in [2.75, 3.05) is 6.54 Å². The van der Waals surface area contributed by atoms with Gasteiger partial charge in [-0.05, 0) is 35.2 Å². The van der Waals surface area contributed by atoms with Gasteiger partial charge in [0.2, 0.25) is 10.0 Å². The Balaban J connectivity index is 2.27. The fourth-order valence-electron chi connectivity index (χ4n) is 2.91. The molecule has 0 radical (unpaired) electrons. The quantitative estimate of drug-likeness (QED) is 0.843. The van der Waals surface area contributed by atoms with Gasteiger partial charge in [-0.2, -0.15) is 0 Å². The third-order valence-electron chi connectivity index (χ3n) is 5.09. The Morgan fingerprint density at radius 3 is 2.29 bits per heavy atom. The number of rotatable bonds is 6. The normalized spacial score (nSPS) is 20.7. The average Bonchev–Trinajstić information content (AvgIpc) is 2.67. The Morgan fingerprint density at radius 1 is 1.24 bits per heavy atom. The van der Waals surface area contributed by atoms with Crippen LogP contribution in [0.3, 0.4) is 0 Å². The van der Waals surface area contributed by atoms with Crippen molar-refractivity contribution in [2.24, 2.45) is 10.8 Å². The van der Waals surface area contributed by atoms with Crippen LogP contribution in [-0.4, -0.2) is 21.0 Å². The molecule has 1 fully saturated rings. The van der Waals surface area contributed by atoms with Crippen LogP contribution in [0.2, 0.25) is 0 Å². The van der Waals surface area contributed by atoms with Gasteiger partial charge in [0, 0.05) is 17.5 Å². The minimum atomic E-state index is -3.47. The third kappa shape index (κ3) is 2.79. The molecule has 0 bridgehead atoms. The summed E-state index contributed by atoms with van der Waals surface area (Å²) in [5, 5.41) is 5.13. The predicted octanol–water partition coefficient (Wildman–Crippen LogP) is 2.88. The van der Waals surface area contributed by atoms with Crippen molar-refractivity contribution < 1.29 is 8.42 Å². The number of nitrogens with one attached hydrogen (secondary N) is 2. The summed E-state index contributed by atoms with van der Waals surface area (Å²) in [5.74, 6) is 0. The SMILES string of the molecule is CCNCc1scc(C)c1S(=O)(=O)NC1C(C)(C)C1(C)C. The van der Waals surface area contributed by atoms with Gasteiger partial charge in [0.25, 0.3) is 0 Å². The maximum Gasteiger partial charge on any atom is 0.242 e. The zero-order valence-electron chi connectivity index (χ0n) is 13.7. The number of hydrogen-bond donors (Lipinski definition) is 2. The van der Waals surface area contributed by atoms with Gasteiger partial charge in [-0.3, -0.25) is 0 Å². The van der Waals surface area contributed by atoms with E-state index in [0.717, 1.165) is 17.0 Å². The highest BCUT2D eigenvalue weighted by molar-refractivity contribution is 7.89. The van der Waals surface area contributed by atoms with Crippen LogP contribution in [-0.2, 0) is 16.6 Å². The van der Waals surface area contributed by atoms with Crippen molar-refractivity contribution in [3.05, 3.63) is 15.8 Å². The summed E-state index contributed by atoms with van der Waals surface area (Å²) in [5.41, 5.74) is 0.814. The molecular formula is C15H26N2O2S2. The molecule has 0 saturated heterocycles. The van der Waals surface area contributed by atoms with E-state index in [1.165, 1.54) is 11.3 Å². The van der Waals surface area contributed by atoms with Gasteiger partial charge in [-0.15, -0.1) is 11.3 Å². The van der Waals surface area contributed by atoms with Crippen molar-refractivity contribution in [1.82, 2.24) is 10.0 Å². The molecule has 1 aliphatic rings. The first kappa shape index (κ1) is 16.9. The highest BCUT2D eigenvalue weighted by atomic mass is 32.2. The lowest BCUT2D eigenvalue weighted by atomic mass is 10.0. The van der Waals surface area contributed by atoms with E-state index in [4.69, 9.17) is 0 Å². The van der Waals surface area contributed by atoms with Crippen LogP contribution in [0.5, 0.6) is 0 Å². The first-order valence-electron chi connectivity index (χ1n) is 7.35. The molecular weight excluding hydrogens is 304 g/mol. The highest BCUT2D eigenvalue weighted by Gasteiger charge is 2.66. The summed E-state index contributed by atoms with van der Waals surface area (Å²) in [4.78, 5) is 1.35. The second kappa shape index (κ2) is 5.33. The Hall–Kier alpha value is -0.430. The molecule has 4 nitrogen and oxygen atoms in total. The number of sulfonamides is 1. The largest absolute Gasteiger partial charge is 0.312 e. The van der Waals surface area contributed by atoms with E-state index >= 15 is 0 Å². The van der Waals surface area contributed by atoms with Crippen molar-refractivity contribution in [3.8, 4) is 0 Å². The molecule has 1 heterocycles. The lowest BCUT2D eigenvalue weighted by Gasteiger charge is -2.11. The topological polar surface area (TPSA) is 58.2 Å². The molecule has 0 aromatic carbocycles. The summed E-state index contributed by atoms with van der Waals surface area (Å²) in [6, 6.07) is -0.0127. The minimum absolute atomic E-state index is 0.00811. The van der Waals surface area contributed by atoms with Crippen LogP contribution in [0, 0.1) is 17.8 Å². The van der Waals surface area contributed by atoms with E-state index in [9.17, 15) is 8.42 Å². The molecule has 0 atom stereocenters. The number of aryl methyl sites for hydroxylation is 1. The third-order valence-corrected chi connectivity index (χ3v) is 7.97. The molecule has 1 aromatic rings. The molecule has 1 aromatic heterocycles. The van der Waals surface area contributed by atoms with E-state index in [2.05, 4.69) is 37.7 Å². The van der Waals surface area contributed by atoms with Crippen LogP contribution >= 0.6 is 11.3 Å². The van der Waals surface area contributed by atoms with E-state index < -0.39 is 10.0 Å². The molecule has 0 unspecified atom stereocenters. The Bertz CT molecular complexity index is 616. The lowest BCUT2D eigenvalue weighted by molar-refractivity contribution is 0.457. The maximum absolute atomic E-state index is 12.8. The van der Waals surface area contributed by atoms with Crippen molar-refractivity contribution in [2.45, 2.75) is 59.0 Å². The fraction of sp³-hybridized carbons (Fsp3) is 0.733. The molecule has 2 N–H and O–H groups in total. The van der Waals surface area contributed by atoms with Gasteiger partial charge in [0.05, 0.1) is 0 Å². The van der Waals surface area contributed by atoms with E-state index in [1.54, 1.807) is 0 Å². The highest BCUT2D eigenvalue weighted by Crippen LogP contribution is 2.63. The second-order valence-electron chi connectivity index (χ2n) is 6.95. The fourth-order valence-corrected chi connectivity index (χ4v) is 6.22. The Morgan fingerprint density at radius 2 is 1.81 bits per heavy atom. The van der Waals surface area contributed by atoms with Crippen molar-refractivity contribution in [3.63, 3.8) is 0 Å². The molecule has 1 aliphatic carbocycles. The molecule has 0 spiro atoms. The Kier molecular flexibility index (Phi) is 4.30. The predicted molar refractivity (Wildman–Crippen MR) is 88.1 cm³/mol. The monoisotopic (exact) mass is 330 g/mol. The molecule has 0 amide bonds. The van der Waals surface area contributed by atoms with Crippen molar-refractivity contribution in [1.29, 1.82) is 0 Å². The number of thiophene rings is 1. The molecule has 6 heteroatoms. The maximum atomic E-state index is 12.8. The van der Waals surface area contributed by atoms with Gasteiger partial charge in [0.15, 0.2) is 0 Å². The second-order valence-corrected chi connectivity index (χ2v) is 9.56. The van der Waals surface area contributed by atoms with Crippen LogP contribution in [0.1, 0.15) is 45.1 Å². The summed E-state index contributed by atoms with van der Waals surface area (Å²) >= 11 is 1.51. The molecule has 1 saturated carbocycles. The first-order valence-corrected chi connectivity index (χ1v) is 9.72. The summed E-state index contributed by atoms with van der Waals surface area (Å²) in [7, 11) is -3.47. The zero-order chi connectivity index (χ0) is 16.1. The summed E-state index contributed by atoms with van der Waals surface area (Å²) in [6.45, 7) is 13.8. The first-order chi connectivity index (χ1) is 9.55. The van der Waals surface area contributed by atoms with Crippen molar-refractivity contribution >= 4 is 21.4 Å². The van der Waals surface area contributed by atoms with Gasteiger partial charge < -0.3 is 5.32 Å². The average molecular weight is 331 g/mol. The van der Waals surface area contributed by atoms with E-state index in [-0.39, 0.29) is 16.9 Å². The smallest absolute Gasteiger partial charge is 0.242 e. The standard InChI is InChI=1S/C15H26N2O2S2/c1-7-16-8-11-12(10(2)9-20-11)21(18,19)17-13-14(3,4)15(13,5)6/h9,13,16-17H,7-8H2,1-6H3. The molecule has 21 heavy (non-hydrogen) atoms.